The summed E-state index contributed by atoms with van der Waals surface area (Å²) in [4.78, 5) is 14.1. The summed E-state index contributed by atoms with van der Waals surface area (Å²) in [5.74, 6) is -0.160. The summed E-state index contributed by atoms with van der Waals surface area (Å²) in [7, 11) is 0. The monoisotopic (exact) mass is 374 g/mol. The van der Waals surface area contributed by atoms with Gasteiger partial charge in [-0.1, -0.05) is 23.8 Å². The van der Waals surface area contributed by atoms with Crippen molar-refractivity contribution in [2.45, 2.75) is 32.5 Å². The highest BCUT2D eigenvalue weighted by atomic mass is 19.4. The molecule has 1 N–H and O–H groups in total. The Balaban J connectivity index is 1.89. The lowest BCUT2D eigenvalue weighted by atomic mass is 9.97. The third-order valence-electron chi connectivity index (χ3n) is 4.42. The van der Waals surface area contributed by atoms with Gasteiger partial charge in [-0.25, -0.2) is 0 Å². The van der Waals surface area contributed by atoms with Crippen LogP contribution in [0.2, 0.25) is 0 Å². The maximum Gasteiger partial charge on any atom is 0.416 e. The van der Waals surface area contributed by atoms with E-state index in [4.69, 9.17) is 0 Å². The first-order valence-corrected chi connectivity index (χ1v) is 8.72. The van der Waals surface area contributed by atoms with E-state index in [9.17, 15) is 18.0 Å². The molecule has 0 radical (unpaired) electrons. The minimum absolute atomic E-state index is 0.134. The summed E-state index contributed by atoms with van der Waals surface area (Å²) in [6, 6.07) is 12.7. The molecule has 0 saturated carbocycles. The van der Waals surface area contributed by atoms with Crippen molar-refractivity contribution < 1.29 is 18.0 Å². The zero-order valence-corrected chi connectivity index (χ0v) is 15.2. The summed E-state index contributed by atoms with van der Waals surface area (Å²) in [5, 5.41) is 2.99. The lowest BCUT2D eigenvalue weighted by Crippen LogP contribution is -2.46. The van der Waals surface area contributed by atoms with Crippen molar-refractivity contribution in [3.8, 4) is 0 Å². The zero-order chi connectivity index (χ0) is 19.6. The van der Waals surface area contributed by atoms with E-state index in [0.717, 1.165) is 29.0 Å². The highest BCUT2D eigenvalue weighted by Crippen LogP contribution is 2.35. The van der Waals surface area contributed by atoms with Gasteiger partial charge in [0.15, 0.2) is 0 Å². The summed E-state index contributed by atoms with van der Waals surface area (Å²) in [6.07, 6.45) is -2.14. The van der Waals surface area contributed by atoms with Crippen LogP contribution in [-0.2, 0) is 17.4 Å². The average Bonchev–Trinajstić information content (AvgIpc) is 2.59. The number of para-hydroxylation sites is 1. The Kier molecular flexibility index (Phi) is 5.26. The molecule has 1 atom stereocenters. The zero-order valence-electron chi connectivity index (χ0n) is 15.2. The van der Waals surface area contributed by atoms with Crippen LogP contribution in [0, 0.1) is 0 Å². The van der Waals surface area contributed by atoms with Crippen molar-refractivity contribution in [2.24, 2.45) is 0 Å². The van der Waals surface area contributed by atoms with E-state index in [0.29, 0.717) is 18.7 Å². The first-order valence-electron chi connectivity index (χ1n) is 8.72. The lowest BCUT2D eigenvalue weighted by molar-refractivity contribution is -0.137. The minimum Gasteiger partial charge on any atom is -0.348 e. The highest BCUT2D eigenvalue weighted by Gasteiger charge is 2.31. The maximum absolute atomic E-state index is 12.8. The lowest BCUT2D eigenvalue weighted by Gasteiger charge is -2.36. The standard InChI is InChI=1S/C21H21F3N2O/c1-14(2)11-20(27)25-17-12-15-5-3-4-6-19(15)26(13-17)18-9-7-16(8-10-18)21(22,23)24/h3-11,17H,12-13H2,1-2H3,(H,25,27). The predicted molar refractivity (Wildman–Crippen MR) is 100.0 cm³/mol. The molecule has 1 heterocycles. The Labute approximate surface area is 156 Å². The number of carbonyl (C=O) groups excluding carboxylic acids is 1. The van der Waals surface area contributed by atoms with Gasteiger partial charge in [0.1, 0.15) is 0 Å². The molecular formula is C21H21F3N2O. The molecule has 3 nitrogen and oxygen atoms in total. The number of hydrogen-bond donors (Lipinski definition) is 1. The van der Waals surface area contributed by atoms with E-state index >= 15 is 0 Å². The number of alkyl halides is 3. The molecule has 1 amide bonds. The normalized spacial score (nSPS) is 16.5. The molecule has 1 unspecified atom stereocenters. The van der Waals surface area contributed by atoms with Crippen LogP contribution in [0.1, 0.15) is 25.0 Å². The van der Waals surface area contributed by atoms with E-state index in [1.54, 1.807) is 6.08 Å². The van der Waals surface area contributed by atoms with Crippen LogP contribution < -0.4 is 10.2 Å². The fourth-order valence-corrected chi connectivity index (χ4v) is 3.27. The van der Waals surface area contributed by atoms with Crippen molar-refractivity contribution in [2.75, 3.05) is 11.4 Å². The Morgan fingerprint density at radius 1 is 1.11 bits per heavy atom. The number of rotatable bonds is 3. The van der Waals surface area contributed by atoms with Crippen LogP contribution in [0.25, 0.3) is 0 Å². The first kappa shape index (κ1) is 19.0. The van der Waals surface area contributed by atoms with Crippen molar-refractivity contribution >= 4 is 17.3 Å². The van der Waals surface area contributed by atoms with Gasteiger partial charge in [0.25, 0.3) is 0 Å². The first-order chi connectivity index (χ1) is 12.7. The number of anilines is 2. The SMILES string of the molecule is CC(C)=CC(=O)NC1Cc2ccccc2N(c2ccc(C(F)(F)F)cc2)C1. The Morgan fingerprint density at radius 2 is 1.78 bits per heavy atom. The van der Waals surface area contributed by atoms with Crippen molar-refractivity contribution in [3.05, 3.63) is 71.3 Å². The van der Waals surface area contributed by atoms with Crippen LogP contribution in [0.4, 0.5) is 24.5 Å². The van der Waals surface area contributed by atoms with Crippen LogP contribution >= 0.6 is 0 Å². The van der Waals surface area contributed by atoms with Gasteiger partial charge in [0.05, 0.1) is 11.6 Å². The smallest absolute Gasteiger partial charge is 0.348 e. The van der Waals surface area contributed by atoms with Gasteiger partial charge in [-0.15, -0.1) is 0 Å². The van der Waals surface area contributed by atoms with E-state index in [1.807, 2.05) is 43.0 Å². The van der Waals surface area contributed by atoms with E-state index < -0.39 is 11.7 Å². The number of nitrogens with zero attached hydrogens (tertiary/aromatic N) is 1. The highest BCUT2D eigenvalue weighted by molar-refractivity contribution is 5.88. The quantitative estimate of drug-likeness (QED) is 0.779. The van der Waals surface area contributed by atoms with Gasteiger partial charge in [-0.05, 0) is 56.2 Å². The molecule has 0 spiro atoms. The number of carbonyl (C=O) groups is 1. The number of halogens is 3. The largest absolute Gasteiger partial charge is 0.416 e. The van der Waals surface area contributed by atoms with Gasteiger partial charge >= 0.3 is 6.18 Å². The van der Waals surface area contributed by atoms with Crippen LogP contribution in [0.3, 0.4) is 0 Å². The summed E-state index contributed by atoms with van der Waals surface area (Å²) in [5.41, 5.74) is 2.89. The number of allylic oxidation sites excluding steroid dienone is 1. The molecule has 6 heteroatoms. The molecule has 27 heavy (non-hydrogen) atoms. The van der Waals surface area contributed by atoms with Gasteiger partial charge in [-0.2, -0.15) is 13.2 Å². The number of benzene rings is 2. The number of fused-ring (bicyclic) bond motifs is 1. The molecule has 0 aliphatic carbocycles. The molecule has 2 aromatic rings. The van der Waals surface area contributed by atoms with Crippen molar-refractivity contribution in [1.82, 2.24) is 5.32 Å². The topological polar surface area (TPSA) is 32.3 Å². The minimum atomic E-state index is -4.36. The molecule has 3 rings (SSSR count). The molecule has 142 valence electrons. The second-order valence-electron chi connectivity index (χ2n) is 6.92. The van der Waals surface area contributed by atoms with Crippen molar-refractivity contribution in [1.29, 1.82) is 0 Å². The molecule has 0 aromatic heterocycles. The van der Waals surface area contributed by atoms with Gasteiger partial charge < -0.3 is 10.2 Å². The van der Waals surface area contributed by atoms with Crippen LogP contribution in [-0.4, -0.2) is 18.5 Å². The van der Waals surface area contributed by atoms with E-state index in [1.165, 1.54) is 12.1 Å². The second kappa shape index (κ2) is 7.47. The second-order valence-corrected chi connectivity index (χ2v) is 6.92. The van der Waals surface area contributed by atoms with Gasteiger partial charge in [-0.3, -0.25) is 4.79 Å². The van der Waals surface area contributed by atoms with Crippen LogP contribution in [0.5, 0.6) is 0 Å². The molecule has 2 aromatic carbocycles. The summed E-state index contributed by atoms with van der Waals surface area (Å²) < 4.78 is 38.5. The third-order valence-corrected chi connectivity index (χ3v) is 4.42. The predicted octanol–water partition coefficient (Wildman–Crippen LogP) is 4.85. The third kappa shape index (κ3) is 4.51. The number of hydrogen-bond acceptors (Lipinski definition) is 2. The van der Waals surface area contributed by atoms with Crippen LogP contribution in [0.15, 0.2) is 60.2 Å². The molecule has 1 aliphatic rings. The average molecular weight is 374 g/mol. The number of amides is 1. The van der Waals surface area contributed by atoms with Gasteiger partial charge in [0, 0.05) is 24.0 Å². The fraction of sp³-hybridized carbons (Fsp3) is 0.286. The van der Waals surface area contributed by atoms with Crippen molar-refractivity contribution in [3.63, 3.8) is 0 Å². The maximum atomic E-state index is 12.8. The van der Waals surface area contributed by atoms with E-state index in [-0.39, 0.29) is 11.9 Å². The summed E-state index contributed by atoms with van der Waals surface area (Å²) >= 11 is 0. The van der Waals surface area contributed by atoms with Gasteiger partial charge in [0.2, 0.25) is 5.91 Å². The Morgan fingerprint density at radius 3 is 2.41 bits per heavy atom. The van der Waals surface area contributed by atoms with E-state index in [2.05, 4.69) is 5.32 Å². The molecule has 0 saturated heterocycles. The Hall–Kier alpha value is -2.76. The Bertz CT molecular complexity index is 852. The molecule has 0 fully saturated rings. The fourth-order valence-electron chi connectivity index (χ4n) is 3.27. The molecule has 0 bridgehead atoms. The molecule has 1 aliphatic heterocycles. The number of nitrogens with one attached hydrogen (secondary N) is 1. The molecular weight excluding hydrogens is 353 g/mol. The summed E-state index contributed by atoms with van der Waals surface area (Å²) in [6.45, 7) is 4.19.